The molecule has 0 bridgehead atoms. The van der Waals surface area contributed by atoms with Crippen molar-refractivity contribution in [3.8, 4) is 0 Å². The van der Waals surface area contributed by atoms with Crippen LogP contribution in [0.3, 0.4) is 0 Å². The van der Waals surface area contributed by atoms with Gasteiger partial charge in [-0.1, -0.05) is 12.1 Å². The van der Waals surface area contributed by atoms with Gasteiger partial charge < -0.3 is 21.3 Å². The van der Waals surface area contributed by atoms with Crippen molar-refractivity contribution < 1.29 is 9.59 Å². The summed E-state index contributed by atoms with van der Waals surface area (Å²) < 4.78 is 0. The Kier molecular flexibility index (Phi) is 7.24. The molecule has 1 aliphatic heterocycles. The van der Waals surface area contributed by atoms with E-state index in [4.69, 9.17) is 5.73 Å². The summed E-state index contributed by atoms with van der Waals surface area (Å²) in [7, 11) is 0. The maximum absolute atomic E-state index is 12.2. The predicted molar refractivity (Wildman–Crippen MR) is 99.2 cm³/mol. The Hall–Kier alpha value is -1.89. The van der Waals surface area contributed by atoms with Gasteiger partial charge in [0, 0.05) is 25.3 Å². The second-order valence-electron chi connectivity index (χ2n) is 5.92. The van der Waals surface area contributed by atoms with Crippen LogP contribution in [0.1, 0.15) is 24.8 Å². The monoisotopic (exact) mass is 350 g/mol. The van der Waals surface area contributed by atoms with E-state index in [0.29, 0.717) is 13.0 Å². The van der Waals surface area contributed by atoms with Gasteiger partial charge in [0.2, 0.25) is 5.91 Å². The first-order chi connectivity index (χ1) is 11.6. The SMILES string of the molecule is CSCCC(NC(N)=O)C(=O)NCc1ccc(N2CCCC2)cc1. The van der Waals surface area contributed by atoms with Crippen LogP contribution in [-0.2, 0) is 11.3 Å². The number of carbonyl (C=O) groups is 2. The number of amides is 3. The number of urea groups is 1. The van der Waals surface area contributed by atoms with Crippen LogP contribution in [0.4, 0.5) is 10.5 Å². The molecule has 4 N–H and O–H groups in total. The quantitative estimate of drug-likeness (QED) is 0.666. The van der Waals surface area contributed by atoms with Crippen molar-refractivity contribution in [3.63, 3.8) is 0 Å². The first kappa shape index (κ1) is 18.4. The third kappa shape index (κ3) is 5.63. The largest absolute Gasteiger partial charge is 0.372 e. The summed E-state index contributed by atoms with van der Waals surface area (Å²) in [6, 6.07) is 7.00. The molecule has 1 unspecified atom stereocenters. The summed E-state index contributed by atoms with van der Waals surface area (Å²) in [5.74, 6) is 0.578. The first-order valence-electron chi connectivity index (χ1n) is 8.26. The summed E-state index contributed by atoms with van der Waals surface area (Å²) in [5, 5.41) is 5.37. The highest BCUT2D eigenvalue weighted by molar-refractivity contribution is 7.98. The van der Waals surface area contributed by atoms with Crippen LogP contribution in [0.5, 0.6) is 0 Å². The minimum absolute atomic E-state index is 0.202. The van der Waals surface area contributed by atoms with Gasteiger partial charge in [0.05, 0.1) is 0 Å². The number of nitrogens with zero attached hydrogens (tertiary/aromatic N) is 1. The fourth-order valence-corrected chi connectivity index (χ4v) is 3.26. The maximum Gasteiger partial charge on any atom is 0.312 e. The number of carbonyl (C=O) groups excluding carboxylic acids is 2. The number of hydrogen-bond acceptors (Lipinski definition) is 4. The first-order valence-corrected chi connectivity index (χ1v) is 9.66. The molecule has 1 aliphatic rings. The van der Waals surface area contributed by atoms with Crippen LogP contribution in [0.2, 0.25) is 0 Å². The number of primary amides is 1. The van der Waals surface area contributed by atoms with Gasteiger partial charge in [-0.25, -0.2) is 4.79 Å². The summed E-state index contributed by atoms with van der Waals surface area (Å²) in [4.78, 5) is 25.6. The molecule has 0 radical (unpaired) electrons. The highest BCUT2D eigenvalue weighted by Gasteiger charge is 2.19. The Labute approximate surface area is 147 Å². The molecule has 1 atom stereocenters. The van der Waals surface area contributed by atoms with Crippen molar-refractivity contribution in [3.05, 3.63) is 29.8 Å². The average molecular weight is 350 g/mol. The number of rotatable bonds is 8. The lowest BCUT2D eigenvalue weighted by atomic mass is 10.1. The number of thioether (sulfide) groups is 1. The zero-order valence-corrected chi connectivity index (χ0v) is 14.9. The zero-order chi connectivity index (χ0) is 17.4. The van der Waals surface area contributed by atoms with Crippen LogP contribution in [-0.4, -0.2) is 43.1 Å². The van der Waals surface area contributed by atoms with Crippen molar-refractivity contribution >= 4 is 29.4 Å². The smallest absolute Gasteiger partial charge is 0.312 e. The minimum atomic E-state index is -0.675. The molecule has 2 rings (SSSR count). The van der Waals surface area contributed by atoms with Gasteiger partial charge in [0.15, 0.2) is 0 Å². The van der Waals surface area contributed by atoms with Crippen molar-refractivity contribution in [2.24, 2.45) is 5.73 Å². The standard InChI is InChI=1S/C17H26N4O2S/c1-24-11-8-15(20-17(18)23)16(22)19-12-13-4-6-14(7-5-13)21-9-2-3-10-21/h4-7,15H,2-3,8-12H2,1H3,(H,19,22)(H3,18,20,23). The van der Waals surface area contributed by atoms with E-state index in [1.165, 1.54) is 18.5 Å². The number of anilines is 1. The molecule has 132 valence electrons. The van der Waals surface area contributed by atoms with Gasteiger partial charge in [0.25, 0.3) is 0 Å². The van der Waals surface area contributed by atoms with Crippen molar-refractivity contribution in [1.82, 2.24) is 10.6 Å². The fraction of sp³-hybridized carbons (Fsp3) is 0.529. The van der Waals surface area contributed by atoms with E-state index >= 15 is 0 Å². The summed E-state index contributed by atoms with van der Waals surface area (Å²) >= 11 is 1.63. The third-order valence-corrected chi connectivity index (χ3v) is 4.76. The van der Waals surface area contributed by atoms with Crippen molar-refractivity contribution in [2.45, 2.75) is 31.8 Å². The molecular weight excluding hydrogens is 324 g/mol. The lowest BCUT2D eigenvalue weighted by Gasteiger charge is -2.19. The molecule has 0 spiro atoms. The number of benzene rings is 1. The van der Waals surface area contributed by atoms with Crippen LogP contribution in [0.15, 0.2) is 24.3 Å². The summed E-state index contributed by atoms with van der Waals surface area (Å²) in [5.41, 5.74) is 7.41. The molecule has 1 saturated heterocycles. The van der Waals surface area contributed by atoms with Crippen LogP contribution >= 0.6 is 11.8 Å². The van der Waals surface area contributed by atoms with Crippen molar-refractivity contribution in [1.29, 1.82) is 0 Å². The molecule has 6 nitrogen and oxygen atoms in total. The predicted octanol–water partition coefficient (Wildman–Crippen LogP) is 1.69. The van der Waals surface area contributed by atoms with E-state index in [1.807, 2.05) is 18.4 Å². The van der Waals surface area contributed by atoms with Crippen molar-refractivity contribution in [2.75, 3.05) is 30.0 Å². The number of nitrogens with one attached hydrogen (secondary N) is 2. The van der Waals surface area contributed by atoms with E-state index in [-0.39, 0.29) is 5.91 Å². The second-order valence-corrected chi connectivity index (χ2v) is 6.91. The molecule has 0 aliphatic carbocycles. The molecule has 0 saturated carbocycles. The Morgan fingerprint density at radius 3 is 2.50 bits per heavy atom. The molecule has 24 heavy (non-hydrogen) atoms. The summed E-state index contributed by atoms with van der Waals surface area (Å²) in [6.07, 6.45) is 5.02. The highest BCUT2D eigenvalue weighted by Crippen LogP contribution is 2.20. The number of hydrogen-bond donors (Lipinski definition) is 3. The molecule has 0 aromatic heterocycles. The Morgan fingerprint density at radius 2 is 1.92 bits per heavy atom. The van der Waals surface area contributed by atoms with E-state index in [2.05, 4.69) is 27.7 Å². The molecule has 1 aromatic rings. The van der Waals surface area contributed by atoms with Gasteiger partial charge in [-0.2, -0.15) is 11.8 Å². The third-order valence-electron chi connectivity index (χ3n) is 4.12. The Balaban J connectivity index is 1.85. The molecule has 1 aromatic carbocycles. The molecule has 1 fully saturated rings. The van der Waals surface area contributed by atoms with Crippen LogP contribution < -0.4 is 21.3 Å². The fourth-order valence-electron chi connectivity index (χ4n) is 2.79. The minimum Gasteiger partial charge on any atom is -0.372 e. The van der Waals surface area contributed by atoms with E-state index in [9.17, 15) is 9.59 Å². The molecule has 7 heteroatoms. The molecule has 1 heterocycles. The van der Waals surface area contributed by atoms with E-state index in [0.717, 1.165) is 24.4 Å². The van der Waals surface area contributed by atoms with E-state index in [1.54, 1.807) is 11.8 Å². The Bertz CT molecular complexity index is 544. The molecule has 3 amide bonds. The van der Waals surface area contributed by atoms with Gasteiger partial charge in [-0.3, -0.25) is 4.79 Å². The van der Waals surface area contributed by atoms with Gasteiger partial charge >= 0.3 is 6.03 Å². The van der Waals surface area contributed by atoms with Gasteiger partial charge in [-0.05, 0) is 49.0 Å². The van der Waals surface area contributed by atoms with Gasteiger partial charge in [0.1, 0.15) is 6.04 Å². The van der Waals surface area contributed by atoms with Crippen LogP contribution in [0, 0.1) is 0 Å². The normalized spacial score (nSPS) is 15.1. The average Bonchev–Trinajstić information content (AvgIpc) is 3.11. The Morgan fingerprint density at radius 1 is 1.25 bits per heavy atom. The zero-order valence-electron chi connectivity index (χ0n) is 14.1. The lowest BCUT2D eigenvalue weighted by Crippen LogP contribution is -2.48. The topological polar surface area (TPSA) is 87.5 Å². The van der Waals surface area contributed by atoms with Gasteiger partial charge in [-0.15, -0.1) is 0 Å². The second kappa shape index (κ2) is 9.42. The molecular formula is C17H26N4O2S. The lowest BCUT2D eigenvalue weighted by molar-refractivity contribution is -0.123. The number of nitrogens with two attached hydrogens (primary N) is 1. The van der Waals surface area contributed by atoms with Crippen LogP contribution in [0.25, 0.3) is 0 Å². The highest BCUT2D eigenvalue weighted by atomic mass is 32.2. The van der Waals surface area contributed by atoms with E-state index < -0.39 is 12.1 Å². The maximum atomic E-state index is 12.2. The summed E-state index contributed by atoms with van der Waals surface area (Å²) in [6.45, 7) is 2.67.